The highest BCUT2D eigenvalue weighted by Crippen LogP contribution is 2.62. The van der Waals surface area contributed by atoms with Gasteiger partial charge in [0.1, 0.15) is 5.75 Å². The minimum atomic E-state index is -4.43. The molecule has 0 saturated carbocycles. The van der Waals surface area contributed by atoms with E-state index in [1.165, 1.54) is 17.0 Å². The summed E-state index contributed by atoms with van der Waals surface area (Å²) in [5.74, 6) is -1.72. The van der Waals surface area contributed by atoms with Crippen LogP contribution in [-0.4, -0.2) is 29.6 Å². The van der Waals surface area contributed by atoms with Crippen LogP contribution in [0.3, 0.4) is 0 Å². The largest absolute Gasteiger partial charge is 0.493 e. The zero-order chi connectivity index (χ0) is 26.9. The molecule has 0 aliphatic carbocycles. The van der Waals surface area contributed by atoms with Crippen molar-refractivity contribution in [2.75, 3.05) is 11.5 Å². The average Bonchev–Trinajstić information content (AvgIpc) is 3.47. The van der Waals surface area contributed by atoms with Crippen molar-refractivity contribution in [1.29, 1.82) is 5.26 Å². The van der Waals surface area contributed by atoms with E-state index < -0.39 is 34.8 Å². The third-order valence-electron chi connectivity index (χ3n) is 8.25. The Morgan fingerprint density at radius 2 is 1.68 bits per heavy atom. The molecule has 9 heteroatoms. The Bertz CT molecular complexity index is 1510. The monoisotopic (exact) mass is 520 g/mol. The number of fused-ring (bicyclic) bond motifs is 6. The van der Waals surface area contributed by atoms with E-state index in [9.17, 15) is 28.0 Å². The summed E-state index contributed by atoms with van der Waals surface area (Å²) in [6, 6.07) is 17.0. The van der Waals surface area contributed by atoms with Gasteiger partial charge >= 0.3 is 6.18 Å². The van der Waals surface area contributed by atoms with Crippen molar-refractivity contribution in [2.45, 2.75) is 43.6 Å². The van der Waals surface area contributed by atoms with Crippen molar-refractivity contribution in [3.8, 4) is 11.8 Å². The van der Waals surface area contributed by atoms with Gasteiger partial charge in [-0.3, -0.25) is 9.59 Å². The standard InChI is InChI=1S/C29H23F3N2O4/c1-27-12-13-28(38-27,14-15-37-19-9-7-18(8-10-19)29(30,31)32)24-23(27)25(35)34(26(24)36)22-11-6-17(16-33)20-4-2-3-5-21(20)22/h2-11,23-24H,12-15H2,1H3. The highest BCUT2D eigenvalue weighted by atomic mass is 19.4. The number of carbonyl (C=O) groups is 2. The molecule has 2 amide bonds. The van der Waals surface area contributed by atoms with Crippen molar-refractivity contribution < 1.29 is 32.2 Å². The van der Waals surface area contributed by atoms with Gasteiger partial charge in [-0.25, -0.2) is 4.90 Å². The first-order chi connectivity index (χ1) is 18.1. The maximum absolute atomic E-state index is 13.9. The number of amides is 2. The van der Waals surface area contributed by atoms with Crippen LogP contribution in [-0.2, 0) is 20.5 Å². The Morgan fingerprint density at radius 1 is 1.00 bits per heavy atom. The zero-order valence-corrected chi connectivity index (χ0v) is 20.4. The molecule has 0 spiro atoms. The Kier molecular flexibility index (Phi) is 5.34. The maximum Gasteiger partial charge on any atom is 0.416 e. The number of carbonyl (C=O) groups excluding carboxylic acids is 2. The van der Waals surface area contributed by atoms with Crippen LogP contribution in [0.15, 0.2) is 60.7 Å². The number of rotatable bonds is 5. The lowest BCUT2D eigenvalue weighted by atomic mass is 9.67. The second kappa shape index (κ2) is 8.30. The minimum absolute atomic E-state index is 0.117. The quantitative estimate of drug-likeness (QED) is 0.408. The van der Waals surface area contributed by atoms with Gasteiger partial charge in [0.25, 0.3) is 0 Å². The number of imide groups is 1. The molecule has 0 N–H and O–H groups in total. The molecule has 0 aromatic heterocycles. The smallest absolute Gasteiger partial charge is 0.416 e. The van der Waals surface area contributed by atoms with Gasteiger partial charge in [0.15, 0.2) is 0 Å². The molecular weight excluding hydrogens is 497 g/mol. The van der Waals surface area contributed by atoms with Crippen molar-refractivity contribution >= 4 is 28.3 Å². The van der Waals surface area contributed by atoms with Crippen molar-refractivity contribution in [2.24, 2.45) is 11.8 Å². The van der Waals surface area contributed by atoms with Gasteiger partial charge in [0, 0.05) is 17.2 Å². The molecule has 3 aromatic carbocycles. The first kappa shape index (κ1) is 24.4. The zero-order valence-electron chi connectivity index (χ0n) is 20.4. The molecule has 4 atom stereocenters. The van der Waals surface area contributed by atoms with E-state index in [1.54, 1.807) is 36.4 Å². The number of ether oxygens (including phenoxy) is 2. The number of hydrogen-bond donors (Lipinski definition) is 0. The van der Waals surface area contributed by atoms with Crippen LogP contribution in [0, 0.1) is 23.2 Å². The fourth-order valence-corrected chi connectivity index (χ4v) is 6.51. The number of hydrogen-bond acceptors (Lipinski definition) is 5. The fraction of sp³-hybridized carbons (Fsp3) is 0.345. The van der Waals surface area contributed by atoms with Crippen LogP contribution in [0.1, 0.15) is 37.3 Å². The minimum Gasteiger partial charge on any atom is -0.493 e. The second-order valence-corrected chi connectivity index (χ2v) is 10.4. The highest BCUT2D eigenvalue weighted by Gasteiger charge is 2.73. The molecule has 2 bridgehead atoms. The fourth-order valence-electron chi connectivity index (χ4n) is 6.51. The van der Waals surface area contributed by atoms with Crippen LogP contribution in [0.4, 0.5) is 18.9 Å². The van der Waals surface area contributed by atoms with Crippen molar-refractivity contribution in [3.63, 3.8) is 0 Å². The van der Waals surface area contributed by atoms with E-state index in [1.807, 2.05) is 6.92 Å². The van der Waals surface area contributed by atoms with E-state index in [0.717, 1.165) is 12.1 Å². The summed E-state index contributed by atoms with van der Waals surface area (Å²) in [5.41, 5.74) is -1.57. The predicted octanol–water partition coefficient (Wildman–Crippen LogP) is 5.63. The number of nitriles is 1. The van der Waals surface area contributed by atoms with E-state index >= 15 is 0 Å². The van der Waals surface area contributed by atoms with Gasteiger partial charge in [-0.15, -0.1) is 0 Å². The lowest BCUT2D eigenvalue weighted by Gasteiger charge is -2.31. The predicted molar refractivity (Wildman–Crippen MR) is 131 cm³/mol. The number of alkyl halides is 3. The molecule has 0 radical (unpaired) electrons. The van der Waals surface area contributed by atoms with Crippen LogP contribution >= 0.6 is 0 Å². The first-order valence-corrected chi connectivity index (χ1v) is 12.4. The highest BCUT2D eigenvalue weighted by molar-refractivity contribution is 6.26. The molecule has 3 heterocycles. The van der Waals surface area contributed by atoms with Gasteiger partial charge in [-0.05, 0) is 56.2 Å². The lowest BCUT2D eigenvalue weighted by molar-refractivity contribution is -0.137. The Morgan fingerprint density at radius 3 is 2.37 bits per heavy atom. The number of benzene rings is 3. The van der Waals surface area contributed by atoms with Gasteiger partial charge in [-0.1, -0.05) is 24.3 Å². The van der Waals surface area contributed by atoms with Gasteiger partial charge in [0.05, 0.1) is 52.5 Å². The molecule has 6 nitrogen and oxygen atoms in total. The summed E-state index contributed by atoms with van der Waals surface area (Å²) in [5, 5.41) is 10.8. The van der Waals surface area contributed by atoms with Crippen LogP contribution in [0.2, 0.25) is 0 Å². The van der Waals surface area contributed by atoms with Gasteiger partial charge in [-0.2, -0.15) is 18.4 Å². The van der Waals surface area contributed by atoms with Crippen LogP contribution < -0.4 is 9.64 Å². The van der Waals surface area contributed by atoms with E-state index in [-0.39, 0.29) is 24.2 Å². The third-order valence-corrected chi connectivity index (χ3v) is 8.25. The topological polar surface area (TPSA) is 79.6 Å². The molecular formula is C29H23F3N2O4. The van der Waals surface area contributed by atoms with E-state index in [0.29, 0.717) is 41.3 Å². The van der Waals surface area contributed by atoms with E-state index in [2.05, 4.69) is 6.07 Å². The maximum atomic E-state index is 13.9. The molecule has 194 valence electrons. The first-order valence-electron chi connectivity index (χ1n) is 12.4. The molecule has 3 aromatic rings. The average molecular weight is 521 g/mol. The Hall–Kier alpha value is -3.90. The van der Waals surface area contributed by atoms with Crippen molar-refractivity contribution in [3.05, 3.63) is 71.8 Å². The Balaban J connectivity index is 1.28. The normalized spacial score (nSPS) is 28.1. The Labute approximate surface area is 216 Å². The molecule has 6 rings (SSSR count). The summed E-state index contributed by atoms with van der Waals surface area (Å²) >= 11 is 0. The van der Waals surface area contributed by atoms with Crippen molar-refractivity contribution in [1.82, 2.24) is 0 Å². The molecule has 3 aliphatic heterocycles. The van der Waals surface area contributed by atoms with Crippen LogP contribution in [0.25, 0.3) is 10.8 Å². The molecule has 3 fully saturated rings. The molecule has 4 unspecified atom stereocenters. The summed E-state index contributed by atoms with van der Waals surface area (Å²) in [6.45, 7) is 1.98. The molecule has 3 aliphatic rings. The molecule has 3 saturated heterocycles. The van der Waals surface area contributed by atoms with Gasteiger partial charge < -0.3 is 9.47 Å². The number of anilines is 1. The second-order valence-electron chi connectivity index (χ2n) is 10.4. The van der Waals surface area contributed by atoms with E-state index in [4.69, 9.17) is 9.47 Å². The van der Waals surface area contributed by atoms with Crippen LogP contribution in [0.5, 0.6) is 5.75 Å². The summed E-state index contributed by atoms with van der Waals surface area (Å²) in [6.07, 6.45) is -2.94. The molecule has 38 heavy (non-hydrogen) atoms. The third kappa shape index (κ3) is 3.51. The summed E-state index contributed by atoms with van der Waals surface area (Å²) in [7, 11) is 0. The summed E-state index contributed by atoms with van der Waals surface area (Å²) < 4.78 is 50.7. The number of nitrogens with zero attached hydrogens (tertiary/aromatic N) is 2. The SMILES string of the molecule is CC12CCC(CCOc3ccc(C(F)(F)F)cc3)(O1)C1C(=O)N(c3ccc(C#N)c4ccccc34)C(=O)C12. The summed E-state index contributed by atoms with van der Waals surface area (Å²) in [4.78, 5) is 28.9. The van der Waals surface area contributed by atoms with Gasteiger partial charge in [0.2, 0.25) is 11.8 Å². The lowest BCUT2D eigenvalue weighted by Crippen LogP contribution is -2.43. The number of halogens is 3.